The number of anilines is 1. The first-order chi connectivity index (χ1) is 12.9. The fraction of sp³-hybridized carbons (Fsp3) is 0.111. The maximum atomic E-state index is 12.3. The molecule has 0 unspecified atom stereocenters. The topological polar surface area (TPSA) is 64.6 Å². The predicted octanol–water partition coefficient (Wildman–Crippen LogP) is 4.79. The van der Waals surface area contributed by atoms with Crippen LogP contribution in [0.1, 0.15) is 5.56 Å². The second-order valence-electron chi connectivity index (χ2n) is 5.00. The molecular weight excluding hydrogens is 403 g/mol. The van der Waals surface area contributed by atoms with Crippen LogP contribution in [0.2, 0.25) is 10.0 Å². The van der Waals surface area contributed by atoms with Crippen LogP contribution in [0.5, 0.6) is 5.75 Å². The lowest BCUT2D eigenvalue weighted by molar-refractivity contribution is -0.142. The molecular formula is C18H13Cl2F2NO4. The van der Waals surface area contributed by atoms with E-state index in [9.17, 15) is 18.4 Å². The van der Waals surface area contributed by atoms with Crippen molar-refractivity contribution in [1.82, 2.24) is 0 Å². The number of halogens is 4. The molecule has 0 heterocycles. The zero-order valence-electron chi connectivity index (χ0n) is 13.6. The van der Waals surface area contributed by atoms with Crippen LogP contribution in [0.15, 0.2) is 48.5 Å². The molecule has 0 aliphatic rings. The number of benzene rings is 2. The summed E-state index contributed by atoms with van der Waals surface area (Å²) in [5.74, 6) is -1.74. The van der Waals surface area contributed by atoms with Crippen molar-refractivity contribution in [2.45, 2.75) is 6.61 Å². The number of nitrogens with one attached hydrogen (secondary N) is 1. The van der Waals surface area contributed by atoms with Crippen molar-refractivity contribution in [3.63, 3.8) is 0 Å². The molecule has 0 fully saturated rings. The largest absolute Gasteiger partial charge is 0.452 e. The van der Waals surface area contributed by atoms with Gasteiger partial charge in [0.2, 0.25) is 0 Å². The molecule has 0 aliphatic carbocycles. The Labute approximate surface area is 163 Å². The zero-order valence-corrected chi connectivity index (χ0v) is 15.1. The first-order valence-corrected chi connectivity index (χ1v) is 8.25. The van der Waals surface area contributed by atoms with Gasteiger partial charge in [0.15, 0.2) is 6.61 Å². The van der Waals surface area contributed by atoms with Crippen LogP contribution in [0.4, 0.5) is 14.5 Å². The van der Waals surface area contributed by atoms with E-state index < -0.39 is 25.1 Å². The molecule has 5 nitrogen and oxygen atoms in total. The van der Waals surface area contributed by atoms with Crippen LogP contribution in [0.3, 0.4) is 0 Å². The van der Waals surface area contributed by atoms with E-state index in [2.05, 4.69) is 10.1 Å². The number of hydrogen-bond donors (Lipinski definition) is 1. The van der Waals surface area contributed by atoms with Gasteiger partial charge in [0.25, 0.3) is 5.91 Å². The second-order valence-corrected chi connectivity index (χ2v) is 5.81. The fourth-order valence-electron chi connectivity index (χ4n) is 1.96. The highest BCUT2D eigenvalue weighted by Crippen LogP contribution is 2.26. The first kappa shape index (κ1) is 20.7. The highest BCUT2D eigenvalue weighted by molar-refractivity contribution is 6.37. The van der Waals surface area contributed by atoms with Gasteiger partial charge in [-0.25, -0.2) is 4.79 Å². The maximum Gasteiger partial charge on any atom is 0.387 e. The number of ether oxygens (including phenoxy) is 2. The van der Waals surface area contributed by atoms with E-state index in [-0.39, 0.29) is 11.4 Å². The Balaban J connectivity index is 1.90. The van der Waals surface area contributed by atoms with Gasteiger partial charge >= 0.3 is 12.6 Å². The monoisotopic (exact) mass is 415 g/mol. The Morgan fingerprint density at radius 3 is 2.41 bits per heavy atom. The Bertz CT molecular complexity index is 839. The summed E-state index contributed by atoms with van der Waals surface area (Å²) in [5.41, 5.74) is 0.456. The highest BCUT2D eigenvalue weighted by atomic mass is 35.5. The van der Waals surface area contributed by atoms with Gasteiger partial charge in [0.1, 0.15) is 5.75 Å². The molecule has 0 spiro atoms. The lowest BCUT2D eigenvalue weighted by atomic mass is 10.2. The van der Waals surface area contributed by atoms with E-state index in [0.29, 0.717) is 15.6 Å². The fourth-order valence-corrected chi connectivity index (χ4v) is 2.48. The average molecular weight is 416 g/mol. The molecule has 2 aromatic carbocycles. The van der Waals surface area contributed by atoms with Crippen molar-refractivity contribution in [2.24, 2.45) is 0 Å². The van der Waals surface area contributed by atoms with Gasteiger partial charge in [0, 0.05) is 21.7 Å². The predicted molar refractivity (Wildman–Crippen MR) is 98.2 cm³/mol. The molecule has 2 rings (SSSR count). The van der Waals surface area contributed by atoms with Crippen LogP contribution in [0, 0.1) is 0 Å². The third kappa shape index (κ3) is 6.54. The Kier molecular flexibility index (Phi) is 7.57. The molecule has 0 aliphatic heterocycles. The molecule has 0 radical (unpaired) electrons. The van der Waals surface area contributed by atoms with Gasteiger partial charge in [-0.15, -0.1) is 0 Å². The van der Waals surface area contributed by atoms with E-state index in [1.165, 1.54) is 30.3 Å². The van der Waals surface area contributed by atoms with Crippen LogP contribution in [-0.2, 0) is 14.3 Å². The molecule has 142 valence electrons. The number of carbonyl (C=O) groups is 2. The minimum absolute atomic E-state index is 0.0252. The van der Waals surface area contributed by atoms with Gasteiger partial charge in [-0.05, 0) is 30.3 Å². The lowest BCUT2D eigenvalue weighted by Crippen LogP contribution is -2.20. The van der Waals surface area contributed by atoms with E-state index in [1.54, 1.807) is 18.2 Å². The summed E-state index contributed by atoms with van der Waals surface area (Å²) in [6.07, 6.45) is 2.42. The molecule has 0 atom stereocenters. The third-order valence-electron chi connectivity index (χ3n) is 3.11. The van der Waals surface area contributed by atoms with Gasteiger partial charge in [-0.1, -0.05) is 41.4 Å². The molecule has 0 saturated carbocycles. The van der Waals surface area contributed by atoms with Crippen LogP contribution < -0.4 is 10.1 Å². The standard InChI is InChI=1S/C18H13Cl2F2NO4/c19-12-4-3-5-13(20)11(12)8-9-17(25)26-10-16(24)23-14-6-1-2-7-15(14)27-18(21)22/h1-9,18H,10H2,(H,23,24)/b9-8+. The number of alkyl halides is 2. The summed E-state index contributed by atoms with van der Waals surface area (Å²) in [4.78, 5) is 23.5. The first-order valence-electron chi connectivity index (χ1n) is 7.49. The van der Waals surface area contributed by atoms with Gasteiger partial charge < -0.3 is 14.8 Å². The van der Waals surface area contributed by atoms with Gasteiger partial charge in [-0.3, -0.25) is 4.79 Å². The maximum absolute atomic E-state index is 12.3. The van der Waals surface area contributed by atoms with Crippen molar-refractivity contribution in [1.29, 1.82) is 0 Å². The minimum Gasteiger partial charge on any atom is -0.452 e. The van der Waals surface area contributed by atoms with E-state index >= 15 is 0 Å². The summed E-state index contributed by atoms with van der Waals surface area (Å²) in [6.45, 7) is -3.66. The number of hydrogen-bond acceptors (Lipinski definition) is 4. The molecule has 0 saturated heterocycles. The smallest absolute Gasteiger partial charge is 0.387 e. The van der Waals surface area contributed by atoms with Gasteiger partial charge in [-0.2, -0.15) is 8.78 Å². The number of esters is 1. The molecule has 0 bridgehead atoms. The quantitative estimate of drug-likeness (QED) is 0.521. The summed E-state index contributed by atoms with van der Waals surface area (Å²) in [5, 5.41) is 3.02. The van der Waals surface area contributed by atoms with Crippen molar-refractivity contribution in [3.05, 3.63) is 64.1 Å². The van der Waals surface area contributed by atoms with E-state index in [0.717, 1.165) is 6.08 Å². The number of amides is 1. The highest BCUT2D eigenvalue weighted by Gasteiger charge is 2.12. The summed E-state index contributed by atoms with van der Waals surface area (Å²) >= 11 is 11.9. The van der Waals surface area contributed by atoms with Crippen molar-refractivity contribution >= 4 is 46.8 Å². The normalized spacial score (nSPS) is 10.9. The molecule has 0 aromatic heterocycles. The molecule has 1 N–H and O–H groups in total. The second kappa shape index (κ2) is 9.89. The average Bonchev–Trinajstić information content (AvgIpc) is 2.61. The minimum atomic E-state index is -3.04. The third-order valence-corrected chi connectivity index (χ3v) is 3.77. The van der Waals surface area contributed by atoms with Crippen molar-refractivity contribution in [3.8, 4) is 5.75 Å². The number of para-hydroxylation sites is 2. The molecule has 2 aromatic rings. The summed E-state index contributed by atoms with van der Waals surface area (Å²) in [7, 11) is 0. The van der Waals surface area contributed by atoms with Gasteiger partial charge in [0.05, 0.1) is 5.69 Å². The Hall–Kier alpha value is -2.64. The SMILES string of the molecule is O=C(COC(=O)/C=C/c1c(Cl)cccc1Cl)Nc1ccccc1OC(F)F. The molecule has 9 heteroatoms. The van der Waals surface area contributed by atoms with Crippen LogP contribution >= 0.6 is 23.2 Å². The lowest BCUT2D eigenvalue weighted by Gasteiger charge is -2.11. The van der Waals surface area contributed by atoms with E-state index in [4.69, 9.17) is 27.9 Å². The van der Waals surface area contributed by atoms with Crippen molar-refractivity contribution in [2.75, 3.05) is 11.9 Å². The Morgan fingerprint density at radius 1 is 1.07 bits per heavy atom. The van der Waals surface area contributed by atoms with Crippen LogP contribution in [0.25, 0.3) is 6.08 Å². The molecule has 27 heavy (non-hydrogen) atoms. The summed E-state index contributed by atoms with van der Waals surface area (Å²) in [6, 6.07) is 10.5. The van der Waals surface area contributed by atoms with E-state index in [1.807, 2.05) is 0 Å². The zero-order chi connectivity index (χ0) is 19.8. The summed E-state index contributed by atoms with van der Waals surface area (Å²) < 4.78 is 33.8. The molecule has 1 amide bonds. The Morgan fingerprint density at radius 2 is 1.74 bits per heavy atom. The number of carbonyl (C=O) groups excluding carboxylic acids is 2. The van der Waals surface area contributed by atoms with Crippen molar-refractivity contribution < 1.29 is 27.8 Å². The van der Waals surface area contributed by atoms with Crippen LogP contribution in [-0.4, -0.2) is 25.1 Å². The number of rotatable bonds is 7.